The molecule has 0 atom stereocenters. The molecule has 0 spiro atoms. The van der Waals surface area contributed by atoms with Gasteiger partial charge < -0.3 is 19.7 Å². The predicted octanol–water partition coefficient (Wildman–Crippen LogP) is 7.88. The molecule has 7 nitrogen and oxygen atoms in total. The number of carbonyl (C=O) groups is 3. The average molecular weight is 664 g/mol. The molecule has 8 heteroatoms. The fraction of sp³-hybridized carbons (Fsp3) is 0.472. The summed E-state index contributed by atoms with van der Waals surface area (Å²) in [7, 11) is 0. The van der Waals surface area contributed by atoms with Gasteiger partial charge in [0.25, 0.3) is 5.91 Å². The van der Waals surface area contributed by atoms with Crippen molar-refractivity contribution in [3.8, 4) is 11.5 Å². The van der Waals surface area contributed by atoms with Crippen molar-refractivity contribution in [2.75, 3.05) is 25.1 Å². The SMILES string of the molecule is CCOc1cc(C2C3=C(CC(C)(C)CC3=O)N(CC)C3=C2C(=O)CC(C)(C)C3)cc(Br)c1OCC(=O)Nc1ccc(C)cc1. The number of carbonyl (C=O) groups excluding carboxylic acids is 3. The minimum atomic E-state index is -0.496. The number of hydrogen-bond acceptors (Lipinski definition) is 6. The lowest BCUT2D eigenvalue weighted by Gasteiger charge is -2.49. The molecule has 0 saturated heterocycles. The van der Waals surface area contributed by atoms with E-state index in [4.69, 9.17) is 9.47 Å². The number of rotatable bonds is 8. The zero-order valence-corrected chi connectivity index (χ0v) is 28.4. The van der Waals surface area contributed by atoms with E-state index in [-0.39, 0.29) is 34.9 Å². The van der Waals surface area contributed by atoms with Gasteiger partial charge in [-0.05, 0) is 90.2 Å². The van der Waals surface area contributed by atoms with Crippen molar-refractivity contribution in [2.45, 2.75) is 80.1 Å². The lowest BCUT2D eigenvalue weighted by molar-refractivity contribution is -0.120. The lowest BCUT2D eigenvalue weighted by Crippen LogP contribution is -2.44. The van der Waals surface area contributed by atoms with E-state index < -0.39 is 5.92 Å². The number of nitrogens with zero attached hydrogens (tertiary/aromatic N) is 1. The molecule has 1 heterocycles. The minimum Gasteiger partial charge on any atom is -0.490 e. The van der Waals surface area contributed by atoms with E-state index >= 15 is 0 Å². The molecule has 44 heavy (non-hydrogen) atoms. The topological polar surface area (TPSA) is 84.9 Å². The fourth-order valence-electron chi connectivity index (χ4n) is 6.89. The summed E-state index contributed by atoms with van der Waals surface area (Å²) in [5, 5.41) is 2.86. The van der Waals surface area contributed by atoms with Gasteiger partial charge in [0.1, 0.15) is 0 Å². The van der Waals surface area contributed by atoms with Crippen LogP contribution in [0.5, 0.6) is 11.5 Å². The van der Waals surface area contributed by atoms with E-state index in [9.17, 15) is 14.4 Å². The summed E-state index contributed by atoms with van der Waals surface area (Å²) in [5.74, 6) is 0.238. The number of anilines is 1. The Labute approximate surface area is 269 Å². The normalized spacial score (nSPS) is 19.5. The van der Waals surface area contributed by atoms with Crippen LogP contribution in [0.3, 0.4) is 0 Å². The first-order chi connectivity index (χ1) is 20.7. The quantitative estimate of drug-likeness (QED) is 0.310. The Morgan fingerprint density at radius 2 is 1.48 bits per heavy atom. The van der Waals surface area contributed by atoms with Gasteiger partial charge in [0.2, 0.25) is 0 Å². The van der Waals surface area contributed by atoms with E-state index in [1.807, 2.05) is 50.2 Å². The van der Waals surface area contributed by atoms with Crippen molar-refractivity contribution in [1.82, 2.24) is 4.90 Å². The van der Waals surface area contributed by atoms with Gasteiger partial charge in [0, 0.05) is 53.5 Å². The van der Waals surface area contributed by atoms with Gasteiger partial charge in [0.05, 0.1) is 11.1 Å². The number of nitrogens with one attached hydrogen (secondary N) is 1. The van der Waals surface area contributed by atoms with Crippen LogP contribution in [-0.4, -0.2) is 42.1 Å². The summed E-state index contributed by atoms with van der Waals surface area (Å²) in [6.45, 7) is 15.4. The van der Waals surface area contributed by atoms with Crippen molar-refractivity contribution in [3.63, 3.8) is 0 Å². The summed E-state index contributed by atoms with van der Waals surface area (Å²) in [5.41, 5.74) is 5.76. The molecule has 2 aromatic rings. The third kappa shape index (κ3) is 6.37. The molecular weight excluding hydrogens is 620 g/mol. The van der Waals surface area contributed by atoms with E-state index in [0.717, 1.165) is 46.5 Å². The molecule has 2 aromatic carbocycles. The monoisotopic (exact) mass is 662 g/mol. The Bertz CT molecular complexity index is 1510. The highest BCUT2D eigenvalue weighted by Gasteiger charge is 2.48. The van der Waals surface area contributed by atoms with Crippen molar-refractivity contribution in [2.24, 2.45) is 10.8 Å². The number of amides is 1. The van der Waals surface area contributed by atoms with E-state index in [1.54, 1.807) is 0 Å². The van der Waals surface area contributed by atoms with Gasteiger partial charge in [-0.3, -0.25) is 14.4 Å². The van der Waals surface area contributed by atoms with Crippen LogP contribution in [0.2, 0.25) is 0 Å². The number of Topliss-reactive ketones (excluding diaryl/α,β-unsaturated/α-hetero) is 2. The van der Waals surface area contributed by atoms with Gasteiger partial charge in [-0.25, -0.2) is 0 Å². The first-order valence-electron chi connectivity index (χ1n) is 15.5. The molecule has 3 aliphatic rings. The standard InChI is InChI=1S/C36H43BrN2O5/c1-8-39-25-16-35(4,5)18-27(40)32(25)31(33-26(39)17-36(6,7)19-28(33)41)22-14-24(37)34(29(15-22)43-9-2)44-20-30(42)38-23-12-10-21(3)11-13-23/h10-15,31H,8-9,16-20H2,1-7H3,(H,38,42). The maximum Gasteiger partial charge on any atom is 0.262 e. The molecular formula is C36H43BrN2O5. The summed E-state index contributed by atoms with van der Waals surface area (Å²) < 4.78 is 12.7. The smallest absolute Gasteiger partial charge is 0.262 e. The molecule has 1 amide bonds. The Hall–Kier alpha value is -3.39. The van der Waals surface area contributed by atoms with Crippen LogP contribution in [-0.2, 0) is 14.4 Å². The van der Waals surface area contributed by atoms with Crippen LogP contribution in [0.4, 0.5) is 5.69 Å². The number of benzene rings is 2. The highest BCUT2D eigenvalue weighted by Crippen LogP contribution is 2.55. The van der Waals surface area contributed by atoms with Gasteiger partial charge in [-0.1, -0.05) is 45.4 Å². The van der Waals surface area contributed by atoms with Crippen molar-refractivity contribution < 1.29 is 23.9 Å². The number of aryl methyl sites for hydroxylation is 1. The molecule has 0 fully saturated rings. The summed E-state index contributed by atoms with van der Waals surface area (Å²) in [4.78, 5) is 42.9. The number of allylic oxidation sites excluding steroid dienone is 4. The maximum absolute atomic E-state index is 14.0. The third-order valence-corrected chi connectivity index (χ3v) is 9.28. The number of ether oxygens (including phenoxy) is 2. The Kier molecular flexibility index (Phi) is 8.87. The van der Waals surface area contributed by atoms with Gasteiger partial charge in [-0.2, -0.15) is 0 Å². The molecule has 0 radical (unpaired) electrons. The molecule has 234 valence electrons. The Morgan fingerprint density at radius 1 is 0.909 bits per heavy atom. The maximum atomic E-state index is 14.0. The van der Waals surface area contributed by atoms with Crippen LogP contribution in [0.15, 0.2) is 63.4 Å². The van der Waals surface area contributed by atoms with E-state index in [2.05, 4.69) is 60.8 Å². The van der Waals surface area contributed by atoms with Gasteiger partial charge >= 0.3 is 0 Å². The summed E-state index contributed by atoms with van der Waals surface area (Å²) in [6.07, 6.45) is 2.39. The predicted molar refractivity (Wildman–Crippen MR) is 176 cm³/mol. The molecule has 2 aliphatic carbocycles. The molecule has 1 aliphatic heterocycles. The van der Waals surface area contributed by atoms with E-state index in [1.165, 1.54) is 0 Å². The Balaban J connectivity index is 1.56. The van der Waals surface area contributed by atoms with E-state index in [0.29, 0.717) is 47.7 Å². The van der Waals surface area contributed by atoms with Gasteiger partial charge in [-0.15, -0.1) is 0 Å². The first kappa shape index (κ1) is 32.0. The van der Waals surface area contributed by atoms with Crippen LogP contribution in [0.25, 0.3) is 0 Å². The number of ketones is 2. The Morgan fingerprint density at radius 3 is 2.00 bits per heavy atom. The van der Waals surface area contributed by atoms with Crippen LogP contribution < -0.4 is 14.8 Å². The summed E-state index contributed by atoms with van der Waals surface area (Å²) in [6, 6.07) is 11.4. The largest absolute Gasteiger partial charge is 0.490 e. The molecule has 0 bridgehead atoms. The minimum absolute atomic E-state index is 0.0890. The molecule has 1 N–H and O–H groups in total. The van der Waals surface area contributed by atoms with Crippen molar-refractivity contribution in [1.29, 1.82) is 0 Å². The zero-order valence-electron chi connectivity index (χ0n) is 26.9. The summed E-state index contributed by atoms with van der Waals surface area (Å²) >= 11 is 3.68. The van der Waals surface area contributed by atoms with Crippen molar-refractivity contribution in [3.05, 3.63) is 74.5 Å². The number of halogens is 1. The highest BCUT2D eigenvalue weighted by molar-refractivity contribution is 9.10. The molecule has 0 aromatic heterocycles. The number of hydrogen-bond donors (Lipinski definition) is 1. The average Bonchev–Trinajstić information content (AvgIpc) is 2.91. The van der Waals surface area contributed by atoms with Crippen molar-refractivity contribution >= 4 is 39.1 Å². The second kappa shape index (κ2) is 12.2. The van der Waals surface area contributed by atoms with Crippen LogP contribution in [0.1, 0.15) is 84.3 Å². The molecule has 0 unspecified atom stereocenters. The van der Waals surface area contributed by atoms with Gasteiger partial charge in [0.15, 0.2) is 29.7 Å². The lowest BCUT2D eigenvalue weighted by atomic mass is 9.63. The second-order valence-electron chi connectivity index (χ2n) is 13.7. The highest BCUT2D eigenvalue weighted by atomic mass is 79.9. The third-order valence-electron chi connectivity index (χ3n) is 8.69. The molecule has 5 rings (SSSR count). The van der Waals surface area contributed by atoms with Crippen LogP contribution in [0, 0.1) is 17.8 Å². The second-order valence-corrected chi connectivity index (χ2v) is 14.6. The first-order valence-corrected chi connectivity index (χ1v) is 16.3. The zero-order chi connectivity index (χ0) is 32.0. The molecule has 0 saturated carbocycles. The van der Waals surface area contributed by atoms with Crippen LogP contribution >= 0.6 is 15.9 Å². The fourth-order valence-corrected chi connectivity index (χ4v) is 7.47.